The third-order valence-electron chi connectivity index (χ3n) is 3.36. The number of ether oxygens (including phenoxy) is 1. The van der Waals surface area contributed by atoms with Crippen molar-refractivity contribution in [1.29, 1.82) is 5.41 Å². The molecule has 2 rings (SSSR count). The molecule has 21 heavy (non-hydrogen) atoms. The van der Waals surface area contributed by atoms with Crippen LogP contribution in [0.15, 0.2) is 30.5 Å². The summed E-state index contributed by atoms with van der Waals surface area (Å²) in [7, 11) is 1.56. The molecule has 0 aliphatic carbocycles. The summed E-state index contributed by atoms with van der Waals surface area (Å²) < 4.78 is 5.40. The average Bonchev–Trinajstić information content (AvgIpc) is 2.46. The predicted molar refractivity (Wildman–Crippen MR) is 85.7 cm³/mol. The van der Waals surface area contributed by atoms with E-state index in [4.69, 9.17) is 21.6 Å². The van der Waals surface area contributed by atoms with Crippen LogP contribution < -0.4 is 16.2 Å². The molecule has 0 aliphatic rings. The van der Waals surface area contributed by atoms with E-state index in [-0.39, 0.29) is 0 Å². The van der Waals surface area contributed by atoms with E-state index in [0.717, 1.165) is 16.8 Å². The molecule has 5 nitrogen and oxygen atoms in total. The summed E-state index contributed by atoms with van der Waals surface area (Å²) in [6.07, 6.45) is 2.95. The van der Waals surface area contributed by atoms with Gasteiger partial charge >= 0.3 is 0 Å². The maximum absolute atomic E-state index is 7.48. The molecule has 0 spiro atoms. The van der Waals surface area contributed by atoms with E-state index in [1.807, 2.05) is 32.0 Å². The number of nitrogens with two attached hydrogens (primary N) is 2. The van der Waals surface area contributed by atoms with Crippen molar-refractivity contribution < 1.29 is 4.74 Å². The van der Waals surface area contributed by atoms with Crippen LogP contribution in [0.3, 0.4) is 0 Å². The van der Waals surface area contributed by atoms with E-state index in [0.29, 0.717) is 17.0 Å². The normalized spacial score (nSPS) is 11.2. The van der Waals surface area contributed by atoms with Crippen molar-refractivity contribution in [3.63, 3.8) is 0 Å². The van der Waals surface area contributed by atoms with Crippen LogP contribution in [0.5, 0.6) is 5.75 Å². The molecule has 0 aliphatic heterocycles. The van der Waals surface area contributed by atoms with E-state index in [2.05, 4.69) is 4.98 Å². The number of anilines is 1. The Kier molecular flexibility index (Phi) is 3.95. The molecular weight excluding hydrogens is 264 g/mol. The Labute approximate surface area is 124 Å². The SMILES string of the molecule is COc1c(-c2ccc(C(C)(C)N)cn2)ccc(N)c1C=N. The number of benzene rings is 1. The van der Waals surface area contributed by atoms with Crippen molar-refractivity contribution in [2.24, 2.45) is 5.73 Å². The number of rotatable bonds is 4. The van der Waals surface area contributed by atoms with Crippen LogP contribution in [0.2, 0.25) is 0 Å². The number of hydrogen-bond donors (Lipinski definition) is 3. The number of methoxy groups -OCH3 is 1. The van der Waals surface area contributed by atoms with Gasteiger partial charge in [-0.05, 0) is 37.6 Å². The van der Waals surface area contributed by atoms with Gasteiger partial charge in [-0.1, -0.05) is 6.07 Å². The highest BCUT2D eigenvalue weighted by atomic mass is 16.5. The van der Waals surface area contributed by atoms with Gasteiger partial charge in [0.25, 0.3) is 0 Å². The van der Waals surface area contributed by atoms with Crippen LogP contribution in [0.1, 0.15) is 25.0 Å². The van der Waals surface area contributed by atoms with Crippen LogP contribution in [0.4, 0.5) is 5.69 Å². The molecule has 1 aromatic heterocycles. The highest BCUT2D eigenvalue weighted by Crippen LogP contribution is 2.34. The minimum absolute atomic E-state index is 0.434. The molecule has 0 unspecified atom stereocenters. The zero-order valence-corrected chi connectivity index (χ0v) is 12.5. The number of nitrogen functional groups attached to an aromatic ring is 1. The molecule has 2 aromatic rings. The van der Waals surface area contributed by atoms with Crippen LogP contribution in [0.25, 0.3) is 11.3 Å². The van der Waals surface area contributed by atoms with Crippen molar-refractivity contribution in [3.8, 4) is 17.0 Å². The van der Waals surface area contributed by atoms with E-state index in [9.17, 15) is 0 Å². The van der Waals surface area contributed by atoms with Gasteiger partial charge in [0.2, 0.25) is 0 Å². The first kappa shape index (κ1) is 15.0. The lowest BCUT2D eigenvalue weighted by atomic mass is 9.96. The van der Waals surface area contributed by atoms with Gasteiger partial charge in [-0.15, -0.1) is 0 Å². The number of hydrogen-bond acceptors (Lipinski definition) is 5. The second-order valence-corrected chi connectivity index (χ2v) is 5.45. The predicted octanol–water partition coefficient (Wildman–Crippen LogP) is 2.53. The fourth-order valence-corrected chi connectivity index (χ4v) is 2.12. The van der Waals surface area contributed by atoms with Crippen molar-refractivity contribution in [1.82, 2.24) is 4.98 Å². The lowest BCUT2D eigenvalue weighted by Gasteiger charge is -2.19. The third kappa shape index (κ3) is 2.87. The summed E-state index contributed by atoms with van der Waals surface area (Å²) in [5.74, 6) is 0.553. The third-order valence-corrected chi connectivity index (χ3v) is 3.36. The molecule has 0 saturated heterocycles. The summed E-state index contributed by atoms with van der Waals surface area (Å²) in [4.78, 5) is 4.45. The summed E-state index contributed by atoms with van der Waals surface area (Å²) >= 11 is 0. The number of nitrogens with one attached hydrogen (secondary N) is 1. The molecule has 0 atom stereocenters. The molecule has 0 bridgehead atoms. The zero-order valence-electron chi connectivity index (χ0n) is 12.5. The second kappa shape index (κ2) is 5.54. The van der Waals surface area contributed by atoms with Crippen LogP contribution >= 0.6 is 0 Å². The van der Waals surface area contributed by atoms with Gasteiger partial charge in [0, 0.05) is 29.2 Å². The Morgan fingerprint density at radius 3 is 2.43 bits per heavy atom. The fourth-order valence-electron chi connectivity index (χ4n) is 2.12. The summed E-state index contributed by atoms with van der Waals surface area (Å²) in [6, 6.07) is 7.44. The smallest absolute Gasteiger partial charge is 0.139 e. The monoisotopic (exact) mass is 284 g/mol. The molecule has 5 N–H and O–H groups in total. The van der Waals surface area contributed by atoms with Crippen molar-refractivity contribution in [3.05, 3.63) is 41.6 Å². The minimum Gasteiger partial charge on any atom is -0.495 e. The van der Waals surface area contributed by atoms with Crippen LogP contribution in [-0.2, 0) is 5.54 Å². The highest BCUT2D eigenvalue weighted by Gasteiger charge is 2.17. The Hall–Kier alpha value is -2.40. The number of pyridine rings is 1. The van der Waals surface area contributed by atoms with E-state index in [1.54, 1.807) is 19.4 Å². The maximum Gasteiger partial charge on any atom is 0.139 e. The van der Waals surface area contributed by atoms with E-state index in [1.165, 1.54) is 6.21 Å². The molecule has 1 aromatic carbocycles. The molecule has 0 saturated carbocycles. The Balaban J connectivity index is 2.54. The largest absolute Gasteiger partial charge is 0.495 e. The molecule has 0 amide bonds. The Bertz CT molecular complexity index is 657. The van der Waals surface area contributed by atoms with Crippen LogP contribution in [0, 0.1) is 5.41 Å². The van der Waals surface area contributed by atoms with Crippen molar-refractivity contribution in [2.45, 2.75) is 19.4 Å². The topological polar surface area (TPSA) is 98.0 Å². The van der Waals surface area contributed by atoms with E-state index < -0.39 is 5.54 Å². The van der Waals surface area contributed by atoms with Gasteiger partial charge in [-0.2, -0.15) is 0 Å². The highest BCUT2D eigenvalue weighted by molar-refractivity contribution is 5.93. The standard InChI is InChI=1S/C16H20N4O/c1-16(2,19)10-4-7-14(20-9-10)11-5-6-13(18)12(8-17)15(11)21-3/h4-9,17H,18-19H2,1-3H3. The molecule has 0 radical (unpaired) electrons. The quantitative estimate of drug-likeness (QED) is 0.593. The first-order chi connectivity index (χ1) is 9.88. The molecule has 1 heterocycles. The molecule has 0 fully saturated rings. The first-order valence-electron chi connectivity index (χ1n) is 6.61. The first-order valence-corrected chi connectivity index (χ1v) is 6.61. The molecular formula is C16H20N4O. The van der Waals surface area contributed by atoms with Gasteiger partial charge in [0.1, 0.15) is 5.75 Å². The second-order valence-electron chi connectivity index (χ2n) is 5.45. The Morgan fingerprint density at radius 2 is 1.95 bits per heavy atom. The average molecular weight is 284 g/mol. The lowest BCUT2D eigenvalue weighted by Crippen LogP contribution is -2.28. The molecule has 5 heteroatoms. The minimum atomic E-state index is -0.434. The van der Waals surface area contributed by atoms with Crippen molar-refractivity contribution >= 4 is 11.9 Å². The number of aromatic nitrogens is 1. The van der Waals surface area contributed by atoms with Gasteiger partial charge < -0.3 is 21.6 Å². The molecule has 110 valence electrons. The number of nitrogens with zero attached hydrogens (tertiary/aromatic N) is 1. The van der Waals surface area contributed by atoms with Crippen molar-refractivity contribution in [2.75, 3.05) is 12.8 Å². The fraction of sp³-hybridized carbons (Fsp3) is 0.250. The van der Waals surface area contributed by atoms with Gasteiger partial charge in [0.05, 0.1) is 18.4 Å². The summed E-state index contributed by atoms with van der Waals surface area (Å²) in [6.45, 7) is 3.86. The maximum atomic E-state index is 7.48. The lowest BCUT2D eigenvalue weighted by molar-refractivity contribution is 0.416. The van der Waals surface area contributed by atoms with Gasteiger partial charge in [-0.25, -0.2) is 0 Å². The van der Waals surface area contributed by atoms with E-state index >= 15 is 0 Å². The van der Waals surface area contributed by atoms with Gasteiger partial charge in [-0.3, -0.25) is 4.98 Å². The zero-order chi connectivity index (χ0) is 15.6. The van der Waals surface area contributed by atoms with Crippen LogP contribution in [-0.4, -0.2) is 18.3 Å². The summed E-state index contributed by atoms with van der Waals surface area (Å²) in [5.41, 5.74) is 15.1. The van der Waals surface area contributed by atoms with Gasteiger partial charge in [0.15, 0.2) is 0 Å². The summed E-state index contributed by atoms with van der Waals surface area (Å²) in [5, 5.41) is 7.48. The Morgan fingerprint density at radius 1 is 1.24 bits per heavy atom.